The van der Waals surface area contributed by atoms with E-state index in [1.165, 1.54) is 17.4 Å². The first-order valence-electron chi connectivity index (χ1n) is 10.5. The predicted molar refractivity (Wildman–Crippen MR) is 120 cm³/mol. The Bertz CT molecular complexity index is 1180. The number of furan rings is 2. The second-order valence-corrected chi connectivity index (χ2v) is 9.63. The van der Waals surface area contributed by atoms with E-state index in [9.17, 15) is 22.4 Å². The molecule has 34 heavy (non-hydrogen) atoms. The van der Waals surface area contributed by atoms with Crippen molar-refractivity contribution in [3.63, 3.8) is 0 Å². The SMILES string of the molecule is CC(C)[C@@H](C(=O)NCc1ccco1)N(Cc1ccco1)C(=O)CNS(=O)(=O)c1ccc(F)cc1. The first-order chi connectivity index (χ1) is 16.2. The summed E-state index contributed by atoms with van der Waals surface area (Å²) in [5.41, 5.74) is 0. The number of carbonyl (C=O) groups excluding carboxylic acids is 2. The molecule has 9 nitrogen and oxygen atoms in total. The molecule has 0 spiro atoms. The molecule has 182 valence electrons. The molecule has 0 aliphatic carbocycles. The highest BCUT2D eigenvalue weighted by Gasteiger charge is 2.33. The van der Waals surface area contributed by atoms with Crippen LogP contribution in [0.2, 0.25) is 0 Å². The maximum absolute atomic E-state index is 13.2. The standard InChI is InChI=1S/C23H26FN3O6S/c1-16(2)22(23(29)25-13-18-5-3-11-32-18)27(15-19-6-4-12-33-19)21(28)14-26-34(30,31)20-9-7-17(24)8-10-20/h3-12,16,22,26H,13-15H2,1-2H3,(H,25,29)/t22-/m0/s1. The van der Waals surface area contributed by atoms with Gasteiger partial charge in [0.25, 0.3) is 0 Å². The number of rotatable bonds is 11. The van der Waals surface area contributed by atoms with E-state index >= 15 is 0 Å². The first-order valence-corrected chi connectivity index (χ1v) is 12.0. The van der Waals surface area contributed by atoms with Crippen molar-refractivity contribution in [2.75, 3.05) is 6.54 Å². The second-order valence-electron chi connectivity index (χ2n) is 7.87. The van der Waals surface area contributed by atoms with Crippen LogP contribution >= 0.6 is 0 Å². The van der Waals surface area contributed by atoms with Gasteiger partial charge in [-0.1, -0.05) is 13.8 Å². The van der Waals surface area contributed by atoms with E-state index in [4.69, 9.17) is 8.83 Å². The lowest BCUT2D eigenvalue weighted by Crippen LogP contribution is -2.53. The van der Waals surface area contributed by atoms with Crippen LogP contribution in [0, 0.1) is 11.7 Å². The fourth-order valence-corrected chi connectivity index (χ4v) is 4.34. The van der Waals surface area contributed by atoms with Gasteiger partial charge in [0.15, 0.2) is 0 Å². The van der Waals surface area contributed by atoms with Crippen molar-refractivity contribution in [2.24, 2.45) is 5.92 Å². The number of carbonyl (C=O) groups is 2. The Kier molecular flexibility index (Phi) is 8.24. The molecular formula is C23H26FN3O6S. The van der Waals surface area contributed by atoms with Gasteiger partial charge in [0.05, 0.1) is 37.1 Å². The highest BCUT2D eigenvalue weighted by atomic mass is 32.2. The van der Waals surface area contributed by atoms with Gasteiger partial charge in [0, 0.05) is 0 Å². The van der Waals surface area contributed by atoms with Gasteiger partial charge >= 0.3 is 0 Å². The summed E-state index contributed by atoms with van der Waals surface area (Å²) in [4.78, 5) is 27.3. The second kappa shape index (κ2) is 11.1. The number of benzene rings is 1. The van der Waals surface area contributed by atoms with Crippen molar-refractivity contribution >= 4 is 21.8 Å². The van der Waals surface area contributed by atoms with Crippen molar-refractivity contribution < 1.29 is 31.2 Å². The number of amides is 2. The average Bonchev–Trinajstić information content (AvgIpc) is 3.50. The van der Waals surface area contributed by atoms with Gasteiger partial charge < -0.3 is 19.1 Å². The summed E-state index contributed by atoms with van der Waals surface area (Å²) in [6.45, 7) is 3.05. The lowest BCUT2D eigenvalue weighted by Gasteiger charge is -2.33. The number of nitrogens with one attached hydrogen (secondary N) is 2. The molecule has 0 saturated heterocycles. The summed E-state index contributed by atoms with van der Waals surface area (Å²) >= 11 is 0. The molecule has 1 aromatic carbocycles. The fourth-order valence-electron chi connectivity index (χ4n) is 3.36. The van der Waals surface area contributed by atoms with E-state index in [0.717, 1.165) is 24.3 Å². The quantitative estimate of drug-likeness (QED) is 0.425. The largest absolute Gasteiger partial charge is 0.467 e. The van der Waals surface area contributed by atoms with Gasteiger partial charge in [-0.25, -0.2) is 17.5 Å². The van der Waals surface area contributed by atoms with Gasteiger partial charge in [-0.05, 0) is 54.4 Å². The molecule has 11 heteroatoms. The van der Waals surface area contributed by atoms with Crippen LogP contribution in [0.15, 0.2) is 74.8 Å². The predicted octanol–water partition coefficient (Wildman–Crippen LogP) is 2.66. The summed E-state index contributed by atoms with van der Waals surface area (Å²) in [6, 6.07) is 10.0. The number of sulfonamides is 1. The lowest BCUT2D eigenvalue weighted by molar-refractivity contribution is -0.142. The molecule has 0 bridgehead atoms. The van der Waals surface area contributed by atoms with Crippen molar-refractivity contribution in [3.8, 4) is 0 Å². The number of hydrogen-bond donors (Lipinski definition) is 2. The average molecular weight is 492 g/mol. The first kappa shape index (κ1) is 25.2. The maximum Gasteiger partial charge on any atom is 0.243 e. The highest BCUT2D eigenvalue weighted by molar-refractivity contribution is 7.89. The third-order valence-corrected chi connectivity index (χ3v) is 6.43. The summed E-state index contributed by atoms with van der Waals surface area (Å²) in [5, 5.41) is 2.75. The maximum atomic E-state index is 13.2. The Morgan fingerprint density at radius 1 is 1.00 bits per heavy atom. The molecule has 0 saturated carbocycles. The molecule has 1 atom stereocenters. The molecule has 0 radical (unpaired) electrons. The fraction of sp³-hybridized carbons (Fsp3) is 0.304. The molecule has 2 heterocycles. The van der Waals surface area contributed by atoms with Gasteiger partial charge in [0.1, 0.15) is 23.4 Å². The van der Waals surface area contributed by atoms with Crippen molar-refractivity contribution in [2.45, 2.75) is 37.9 Å². The summed E-state index contributed by atoms with van der Waals surface area (Å²) in [5.74, 6) is -0.961. The Balaban J connectivity index is 1.77. The third-order valence-electron chi connectivity index (χ3n) is 5.02. The lowest BCUT2D eigenvalue weighted by atomic mass is 10.0. The normalized spacial score (nSPS) is 12.5. The number of nitrogens with zero attached hydrogens (tertiary/aromatic N) is 1. The van der Waals surface area contributed by atoms with Gasteiger partial charge in [-0.15, -0.1) is 0 Å². The Hall–Kier alpha value is -3.44. The van der Waals surface area contributed by atoms with E-state index in [2.05, 4.69) is 10.0 Å². The van der Waals surface area contributed by atoms with Crippen molar-refractivity contribution in [3.05, 3.63) is 78.4 Å². The van der Waals surface area contributed by atoms with Crippen LogP contribution in [0.3, 0.4) is 0 Å². The molecule has 2 amide bonds. The van der Waals surface area contributed by atoms with Crippen LogP contribution < -0.4 is 10.0 Å². The van der Waals surface area contributed by atoms with Gasteiger partial charge in [0.2, 0.25) is 21.8 Å². The molecule has 3 rings (SSSR count). The smallest absolute Gasteiger partial charge is 0.243 e. The zero-order valence-electron chi connectivity index (χ0n) is 18.7. The highest BCUT2D eigenvalue weighted by Crippen LogP contribution is 2.17. The van der Waals surface area contributed by atoms with Gasteiger partial charge in [-0.3, -0.25) is 9.59 Å². The number of hydrogen-bond acceptors (Lipinski definition) is 6. The number of halogens is 1. The van der Waals surface area contributed by atoms with E-state index in [0.29, 0.717) is 11.5 Å². The summed E-state index contributed by atoms with van der Waals surface area (Å²) in [7, 11) is -4.07. The van der Waals surface area contributed by atoms with Crippen molar-refractivity contribution in [1.82, 2.24) is 14.9 Å². The summed E-state index contributed by atoms with van der Waals surface area (Å²) in [6.07, 6.45) is 2.93. The minimum atomic E-state index is -4.07. The Morgan fingerprint density at radius 2 is 1.62 bits per heavy atom. The van der Waals surface area contributed by atoms with Crippen molar-refractivity contribution in [1.29, 1.82) is 0 Å². The van der Waals surface area contributed by atoms with Gasteiger partial charge in [-0.2, -0.15) is 0 Å². The van der Waals surface area contributed by atoms with Crippen LogP contribution in [-0.2, 0) is 32.7 Å². The van der Waals surface area contributed by atoms with Crippen LogP contribution in [0.5, 0.6) is 0 Å². The van der Waals surface area contributed by atoms with Crippen LogP contribution in [-0.4, -0.2) is 37.7 Å². The van der Waals surface area contributed by atoms with E-state index < -0.39 is 40.2 Å². The minimum absolute atomic E-state index is 0.0405. The molecule has 0 aliphatic rings. The molecule has 0 aliphatic heterocycles. The zero-order valence-corrected chi connectivity index (χ0v) is 19.5. The topological polar surface area (TPSA) is 122 Å². The van der Waals surface area contributed by atoms with Crippen LogP contribution in [0.25, 0.3) is 0 Å². The van der Waals surface area contributed by atoms with E-state index in [1.54, 1.807) is 38.1 Å². The van der Waals surface area contributed by atoms with Crippen LogP contribution in [0.4, 0.5) is 4.39 Å². The van der Waals surface area contributed by atoms with E-state index in [-0.39, 0.29) is 23.9 Å². The zero-order chi connectivity index (χ0) is 24.7. The molecule has 2 aromatic heterocycles. The monoisotopic (exact) mass is 491 g/mol. The summed E-state index contributed by atoms with van der Waals surface area (Å²) < 4.78 is 51.0. The molecule has 0 fully saturated rings. The third kappa shape index (κ3) is 6.55. The molecule has 0 unspecified atom stereocenters. The van der Waals surface area contributed by atoms with Crippen LogP contribution in [0.1, 0.15) is 25.4 Å². The Morgan fingerprint density at radius 3 is 2.18 bits per heavy atom. The molecule has 3 aromatic rings. The Labute approximate surface area is 197 Å². The molecule has 2 N–H and O–H groups in total. The minimum Gasteiger partial charge on any atom is -0.467 e. The molecular weight excluding hydrogens is 465 g/mol. The van der Waals surface area contributed by atoms with E-state index in [1.807, 2.05) is 0 Å².